The zero-order valence-corrected chi connectivity index (χ0v) is 5.69. The van der Waals surface area contributed by atoms with Gasteiger partial charge in [-0.1, -0.05) is 23.8 Å². The van der Waals surface area contributed by atoms with Crippen molar-refractivity contribution in [2.75, 3.05) is 0 Å². The Morgan fingerprint density at radius 3 is 2.56 bits per heavy atom. The molecule has 0 radical (unpaired) electrons. The van der Waals surface area contributed by atoms with E-state index in [0.717, 1.165) is 19.1 Å². The number of hydrogen-bond donors (Lipinski definition) is 0. The van der Waals surface area contributed by atoms with Gasteiger partial charge in [-0.3, -0.25) is 4.79 Å². The largest absolute Gasteiger partial charge is 0.298 e. The van der Waals surface area contributed by atoms with Crippen LogP contribution in [0.2, 0.25) is 0 Å². The van der Waals surface area contributed by atoms with Gasteiger partial charge in [0.15, 0.2) is 6.29 Å². The molecule has 0 aliphatic heterocycles. The van der Waals surface area contributed by atoms with Gasteiger partial charge in [-0.2, -0.15) is 0 Å². The van der Waals surface area contributed by atoms with Crippen LogP contribution in [-0.4, -0.2) is 6.29 Å². The molecule has 48 valence electrons. The third-order valence-electron chi connectivity index (χ3n) is 1.26. The average Bonchev–Trinajstić information content (AvgIpc) is 1.89. The first-order valence-electron chi connectivity index (χ1n) is 2.86. The minimum absolute atomic E-state index is 0.594. The molecule has 0 atom stereocenters. The first-order valence-corrected chi connectivity index (χ1v) is 3.24. The summed E-state index contributed by atoms with van der Waals surface area (Å²) < 4.78 is 0. The molecular weight excluding hydrogens is 136 g/mol. The molecule has 0 saturated carbocycles. The van der Waals surface area contributed by atoms with E-state index >= 15 is 0 Å². The number of rotatable bonds is 1. The van der Waals surface area contributed by atoms with Crippen LogP contribution in [0.3, 0.4) is 0 Å². The van der Waals surface area contributed by atoms with Gasteiger partial charge in [-0.25, -0.2) is 0 Å². The molecule has 0 aromatic carbocycles. The lowest BCUT2D eigenvalue weighted by atomic mass is 10.1. The third-order valence-corrected chi connectivity index (χ3v) is 1.63. The fraction of sp³-hybridized carbons (Fsp3) is 0.286. The summed E-state index contributed by atoms with van der Waals surface area (Å²) in [5, 5.41) is 0.594. The fourth-order valence-electron chi connectivity index (χ4n) is 0.769. The molecule has 0 saturated heterocycles. The summed E-state index contributed by atoms with van der Waals surface area (Å²) in [6.07, 6.45) is 6.40. The number of carbonyl (C=O) groups is 1. The third kappa shape index (κ3) is 1.42. The van der Waals surface area contributed by atoms with Crippen LogP contribution in [0.4, 0.5) is 0 Å². The van der Waals surface area contributed by atoms with Crippen molar-refractivity contribution in [1.82, 2.24) is 0 Å². The lowest BCUT2D eigenvalue weighted by Gasteiger charge is -2.02. The number of halogens is 1. The molecule has 1 rings (SSSR count). The molecule has 0 heterocycles. The van der Waals surface area contributed by atoms with Crippen LogP contribution >= 0.6 is 11.6 Å². The smallest absolute Gasteiger partial charge is 0.151 e. The molecule has 1 nitrogen and oxygen atoms in total. The minimum atomic E-state index is 0.594. The topological polar surface area (TPSA) is 17.1 Å². The van der Waals surface area contributed by atoms with E-state index in [1.54, 1.807) is 0 Å². The molecule has 0 fully saturated rings. The summed E-state index contributed by atoms with van der Waals surface area (Å²) >= 11 is 5.64. The van der Waals surface area contributed by atoms with Gasteiger partial charge in [-0.15, -0.1) is 0 Å². The molecule has 0 amide bonds. The maximum atomic E-state index is 10.2. The van der Waals surface area contributed by atoms with Crippen molar-refractivity contribution in [3.05, 3.63) is 22.8 Å². The molecule has 9 heavy (non-hydrogen) atoms. The van der Waals surface area contributed by atoms with E-state index in [-0.39, 0.29) is 0 Å². The highest BCUT2D eigenvalue weighted by molar-refractivity contribution is 6.34. The number of hydrogen-bond acceptors (Lipinski definition) is 1. The van der Waals surface area contributed by atoms with Crippen LogP contribution in [0.15, 0.2) is 22.8 Å². The van der Waals surface area contributed by atoms with Crippen molar-refractivity contribution in [2.45, 2.75) is 12.8 Å². The van der Waals surface area contributed by atoms with Crippen molar-refractivity contribution >= 4 is 17.9 Å². The van der Waals surface area contributed by atoms with Crippen molar-refractivity contribution < 1.29 is 4.79 Å². The first-order chi connectivity index (χ1) is 4.34. The molecule has 0 aromatic rings. The van der Waals surface area contributed by atoms with Crippen LogP contribution < -0.4 is 0 Å². The van der Waals surface area contributed by atoms with Gasteiger partial charge in [0.05, 0.1) is 0 Å². The Balaban J connectivity index is 2.79. The van der Waals surface area contributed by atoms with Gasteiger partial charge in [0.2, 0.25) is 0 Å². The predicted molar refractivity (Wildman–Crippen MR) is 37.3 cm³/mol. The van der Waals surface area contributed by atoms with Gasteiger partial charge < -0.3 is 0 Å². The van der Waals surface area contributed by atoms with E-state index in [1.165, 1.54) is 0 Å². The van der Waals surface area contributed by atoms with Crippen molar-refractivity contribution in [2.24, 2.45) is 0 Å². The van der Waals surface area contributed by atoms with Gasteiger partial charge in [0.25, 0.3) is 0 Å². The Labute approximate surface area is 59.0 Å². The standard InChI is InChI=1S/C7H7ClO/c8-7-4-2-1-3-6(7)5-9/h3-5H,1-2H2. The monoisotopic (exact) mass is 142 g/mol. The summed E-state index contributed by atoms with van der Waals surface area (Å²) in [7, 11) is 0. The van der Waals surface area contributed by atoms with E-state index < -0.39 is 0 Å². The SMILES string of the molecule is O=CC1=CCCC=C1Cl. The van der Waals surface area contributed by atoms with Crippen LogP contribution in [0.5, 0.6) is 0 Å². The number of aldehydes is 1. The molecule has 2 heteroatoms. The summed E-state index contributed by atoms with van der Waals surface area (Å²) in [5.74, 6) is 0. The van der Waals surface area contributed by atoms with Crippen LogP contribution in [-0.2, 0) is 4.79 Å². The summed E-state index contributed by atoms with van der Waals surface area (Å²) in [6.45, 7) is 0. The van der Waals surface area contributed by atoms with Crippen LogP contribution in [0, 0.1) is 0 Å². The summed E-state index contributed by atoms with van der Waals surface area (Å²) in [6, 6.07) is 0. The normalized spacial score (nSPS) is 18.3. The zero-order valence-electron chi connectivity index (χ0n) is 4.93. The number of carbonyl (C=O) groups excluding carboxylic acids is 1. The second kappa shape index (κ2) is 2.83. The summed E-state index contributed by atoms with van der Waals surface area (Å²) in [4.78, 5) is 10.2. The Morgan fingerprint density at radius 2 is 2.11 bits per heavy atom. The highest BCUT2D eigenvalue weighted by atomic mass is 35.5. The molecule has 1 aliphatic rings. The van der Waals surface area contributed by atoms with Gasteiger partial charge in [-0.05, 0) is 12.8 Å². The Hall–Kier alpha value is -0.560. The first kappa shape index (κ1) is 6.56. The molecule has 0 unspecified atom stereocenters. The van der Waals surface area contributed by atoms with Gasteiger partial charge in [0.1, 0.15) is 0 Å². The minimum Gasteiger partial charge on any atom is -0.298 e. The highest BCUT2D eigenvalue weighted by Gasteiger charge is 2.02. The van der Waals surface area contributed by atoms with Crippen LogP contribution in [0.25, 0.3) is 0 Å². The maximum absolute atomic E-state index is 10.2. The van der Waals surface area contributed by atoms with E-state index in [9.17, 15) is 4.79 Å². The quantitative estimate of drug-likeness (QED) is 0.512. The highest BCUT2D eigenvalue weighted by Crippen LogP contribution is 2.19. The molecule has 1 aliphatic carbocycles. The lowest BCUT2D eigenvalue weighted by molar-refractivity contribution is -0.104. The zero-order chi connectivity index (χ0) is 6.69. The van der Waals surface area contributed by atoms with Gasteiger partial charge >= 0.3 is 0 Å². The fourth-order valence-corrected chi connectivity index (χ4v) is 0.999. The number of allylic oxidation sites excluding steroid dienone is 4. The van der Waals surface area contributed by atoms with Gasteiger partial charge in [0, 0.05) is 10.6 Å². The Bertz CT molecular complexity index is 179. The van der Waals surface area contributed by atoms with E-state index in [4.69, 9.17) is 11.6 Å². The van der Waals surface area contributed by atoms with E-state index in [0.29, 0.717) is 10.6 Å². The lowest BCUT2D eigenvalue weighted by Crippen LogP contribution is -1.89. The maximum Gasteiger partial charge on any atom is 0.151 e. The Morgan fingerprint density at radius 1 is 1.44 bits per heavy atom. The summed E-state index contributed by atoms with van der Waals surface area (Å²) in [5.41, 5.74) is 0.628. The van der Waals surface area contributed by atoms with Crippen LogP contribution in [0.1, 0.15) is 12.8 Å². The second-order valence-electron chi connectivity index (χ2n) is 1.91. The molecule has 0 N–H and O–H groups in total. The Kier molecular flexibility index (Phi) is 2.06. The second-order valence-corrected chi connectivity index (χ2v) is 2.31. The van der Waals surface area contributed by atoms with Crippen molar-refractivity contribution in [1.29, 1.82) is 0 Å². The van der Waals surface area contributed by atoms with E-state index in [1.807, 2.05) is 12.2 Å². The van der Waals surface area contributed by atoms with Crippen molar-refractivity contribution in [3.8, 4) is 0 Å². The average molecular weight is 143 g/mol. The van der Waals surface area contributed by atoms with E-state index in [2.05, 4.69) is 0 Å². The molecule has 0 bridgehead atoms. The predicted octanol–water partition coefficient (Wildman–Crippen LogP) is 2.03. The molecule has 0 spiro atoms. The molecule has 0 aromatic heterocycles. The molecular formula is C7H7ClO. The van der Waals surface area contributed by atoms with Crippen molar-refractivity contribution in [3.63, 3.8) is 0 Å².